The highest BCUT2D eigenvalue weighted by Gasteiger charge is 2.33. The molecule has 0 saturated carbocycles. The zero-order valence-corrected chi connectivity index (χ0v) is 12.0. The highest BCUT2D eigenvalue weighted by atomic mass is 16.5. The van der Waals surface area contributed by atoms with Crippen molar-refractivity contribution in [3.63, 3.8) is 0 Å². The van der Waals surface area contributed by atoms with Crippen LogP contribution in [0.25, 0.3) is 0 Å². The van der Waals surface area contributed by atoms with Crippen LogP contribution < -0.4 is 10.5 Å². The number of ether oxygens (including phenoxy) is 1. The highest BCUT2D eigenvalue weighted by Crippen LogP contribution is 2.43. The summed E-state index contributed by atoms with van der Waals surface area (Å²) >= 11 is 0. The highest BCUT2D eigenvalue weighted by molar-refractivity contribution is 5.52. The number of rotatable bonds is 2. The van der Waals surface area contributed by atoms with Crippen molar-refractivity contribution in [3.8, 4) is 5.75 Å². The molecule has 1 aliphatic rings. The van der Waals surface area contributed by atoms with E-state index in [1.807, 2.05) is 0 Å². The third-order valence-electron chi connectivity index (χ3n) is 4.19. The molecule has 0 aliphatic carbocycles. The predicted octanol–water partition coefficient (Wildman–Crippen LogP) is 3.51. The Bertz CT molecular complexity index is 439. The third kappa shape index (κ3) is 2.14. The minimum atomic E-state index is 0.0564. The van der Waals surface area contributed by atoms with Gasteiger partial charge in [0.1, 0.15) is 5.75 Å². The van der Waals surface area contributed by atoms with Crippen LogP contribution in [0.3, 0.4) is 0 Å². The van der Waals surface area contributed by atoms with Crippen LogP contribution in [0.15, 0.2) is 12.1 Å². The van der Waals surface area contributed by atoms with Crippen LogP contribution in [0.4, 0.5) is 0 Å². The molecule has 0 spiro atoms. The summed E-state index contributed by atoms with van der Waals surface area (Å²) in [6, 6.07) is 4.43. The van der Waals surface area contributed by atoms with Gasteiger partial charge in [0.25, 0.3) is 0 Å². The molecule has 1 atom stereocenters. The molecule has 0 bridgehead atoms. The monoisotopic (exact) mass is 247 g/mol. The van der Waals surface area contributed by atoms with Gasteiger partial charge in [-0.3, -0.25) is 0 Å². The Morgan fingerprint density at radius 3 is 2.72 bits per heavy atom. The number of nitrogens with two attached hydrogens (primary N) is 1. The largest absolute Gasteiger partial charge is 0.493 e. The van der Waals surface area contributed by atoms with Gasteiger partial charge in [-0.2, -0.15) is 0 Å². The Morgan fingerprint density at radius 1 is 1.39 bits per heavy atom. The average molecular weight is 247 g/mol. The van der Waals surface area contributed by atoms with Crippen LogP contribution in [0.2, 0.25) is 0 Å². The maximum atomic E-state index is 6.06. The van der Waals surface area contributed by atoms with Gasteiger partial charge in [-0.1, -0.05) is 32.9 Å². The molecule has 0 aromatic heterocycles. The van der Waals surface area contributed by atoms with Crippen LogP contribution >= 0.6 is 0 Å². The number of hydrogen-bond acceptors (Lipinski definition) is 2. The fourth-order valence-corrected chi connectivity index (χ4v) is 3.02. The summed E-state index contributed by atoms with van der Waals surface area (Å²) in [7, 11) is 0. The number of hydrogen-bond donors (Lipinski definition) is 1. The summed E-state index contributed by atoms with van der Waals surface area (Å²) in [5, 5.41) is 0. The van der Waals surface area contributed by atoms with E-state index in [9.17, 15) is 0 Å². The van der Waals surface area contributed by atoms with Crippen LogP contribution in [0, 0.1) is 6.92 Å². The summed E-state index contributed by atoms with van der Waals surface area (Å²) in [5.41, 5.74) is 10.1. The Morgan fingerprint density at radius 2 is 2.11 bits per heavy atom. The fourth-order valence-electron chi connectivity index (χ4n) is 3.02. The van der Waals surface area contributed by atoms with Crippen molar-refractivity contribution in [1.29, 1.82) is 0 Å². The second-order valence-electron chi connectivity index (χ2n) is 6.05. The average Bonchev–Trinajstić information content (AvgIpc) is 2.50. The first-order chi connectivity index (χ1) is 8.49. The van der Waals surface area contributed by atoms with Gasteiger partial charge in [-0.05, 0) is 36.8 Å². The molecule has 2 heteroatoms. The molecule has 2 nitrogen and oxygen atoms in total. The Hall–Kier alpha value is -1.02. The summed E-state index contributed by atoms with van der Waals surface area (Å²) in [6.07, 6.45) is 2.19. The molecular weight excluding hydrogens is 222 g/mol. The summed E-state index contributed by atoms with van der Waals surface area (Å²) in [5.74, 6) is 1.59. The molecule has 1 unspecified atom stereocenters. The van der Waals surface area contributed by atoms with Crippen molar-refractivity contribution >= 4 is 0 Å². The smallest absolute Gasteiger partial charge is 0.126 e. The van der Waals surface area contributed by atoms with Gasteiger partial charge in [0.2, 0.25) is 0 Å². The van der Waals surface area contributed by atoms with E-state index < -0.39 is 0 Å². The first-order valence-corrected chi connectivity index (χ1v) is 6.96. The standard InChI is InChI=1S/C16H25NO/c1-11(2)13-7-6-12(3)14-15(13)18-9-5-8-16(14,4)10-17/h6-7,11H,5,8-10,17H2,1-4H3. The van der Waals surface area contributed by atoms with Gasteiger partial charge < -0.3 is 10.5 Å². The van der Waals surface area contributed by atoms with Gasteiger partial charge in [0.05, 0.1) is 6.61 Å². The van der Waals surface area contributed by atoms with Crippen molar-refractivity contribution < 1.29 is 4.74 Å². The molecule has 18 heavy (non-hydrogen) atoms. The minimum Gasteiger partial charge on any atom is -0.493 e. The SMILES string of the molecule is Cc1ccc(C(C)C)c2c1C(C)(CN)CCCO2. The van der Waals surface area contributed by atoms with Gasteiger partial charge in [0.15, 0.2) is 0 Å². The van der Waals surface area contributed by atoms with Crippen LogP contribution in [-0.4, -0.2) is 13.2 Å². The molecule has 1 aromatic carbocycles. The van der Waals surface area contributed by atoms with E-state index in [-0.39, 0.29) is 5.41 Å². The summed E-state index contributed by atoms with van der Waals surface area (Å²) < 4.78 is 6.06. The quantitative estimate of drug-likeness (QED) is 0.868. The van der Waals surface area contributed by atoms with Crippen LogP contribution in [0.1, 0.15) is 56.2 Å². The second kappa shape index (κ2) is 4.93. The van der Waals surface area contributed by atoms with E-state index in [0.29, 0.717) is 12.5 Å². The topological polar surface area (TPSA) is 35.2 Å². The first-order valence-electron chi connectivity index (χ1n) is 6.96. The van der Waals surface area contributed by atoms with E-state index in [1.54, 1.807) is 0 Å². The van der Waals surface area contributed by atoms with Crippen molar-refractivity contribution in [2.24, 2.45) is 5.73 Å². The number of fused-ring (bicyclic) bond motifs is 1. The van der Waals surface area contributed by atoms with Gasteiger partial charge >= 0.3 is 0 Å². The predicted molar refractivity (Wildman–Crippen MR) is 76.4 cm³/mol. The van der Waals surface area contributed by atoms with Crippen LogP contribution in [-0.2, 0) is 5.41 Å². The third-order valence-corrected chi connectivity index (χ3v) is 4.19. The van der Waals surface area contributed by atoms with E-state index in [0.717, 1.165) is 25.2 Å². The van der Waals surface area contributed by atoms with Gasteiger partial charge in [0, 0.05) is 17.5 Å². The molecular formula is C16H25NO. The van der Waals surface area contributed by atoms with E-state index in [1.165, 1.54) is 16.7 Å². The number of benzene rings is 1. The summed E-state index contributed by atoms with van der Waals surface area (Å²) in [6.45, 7) is 10.4. The van der Waals surface area contributed by atoms with Crippen molar-refractivity contribution in [2.45, 2.75) is 51.9 Å². The Kier molecular flexibility index (Phi) is 3.67. The lowest BCUT2D eigenvalue weighted by Crippen LogP contribution is -2.32. The molecule has 1 aliphatic heterocycles. The number of aryl methyl sites for hydroxylation is 1. The van der Waals surface area contributed by atoms with E-state index in [4.69, 9.17) is 10.5 Å². The maximum Gasteiger partial charge on any atom is 0.126 e. The molecule has 1 heterocycles. The molecule has 0 amide bonds. The first kappa shape index (κ1) is 13.4. The summed E-state index contributed by atoms with van der Waals surface area (Å²) in [4.78, 5) is 0. The minimum absolute atomic E-state index is 0.0564. The van der Waals surface area contributed by atoms with E-state index >= 15 is 0 Å². The maximum absolute atomic E-state index is 6.06. The molecule has 100 valence electrons. The molecule has 1 aromatic rings. The molecule has 2 rings (SSSR count). The van der Waals surface area contributed by atoms with E-state index in [2.05, 4.69) is 39.8 Å². The van der Waals surface area contributed by atoms with Gasteiger partial charge in [-0.25, -0.2) is 0 Å². The lowest BCUT2D eigenvalue weighted by Gasteiger charge is -2.30. The Balaban J connectivity index is 2.67. The Labute approximate surface area is 111 Å². The molecule has 0 fully saturated rings. The fraction of sp³-hybridized carbons (Fsp3) is 0.625. The van der Waals surface area contributed by atoms with Crippen molar-refractivity contribution in [2.75, 3.05) is 13.2 Å². The zero-order valence-electron chi connectivity index (χ0n) is 12.0. The lowest BCUT2D eigenvalue weighted by atomic mass is 9.75. The zero-order chi connectivity index (χ0) is 13.3. The van der Waals surface area contributed by atoms with Crippen LogP contribution in [0.5, 0.6) is 5.75 Å². The molecule has 0 radical (unpaired) electrons. The molecule has 2 N–H and O–H groups in total. The second-order valence-corrected chi connectivity index (χ2v) is 6.05. The normalized spacial score (nSPS) is 23.4. The van der Waals surface area contributed by atoms with Crippen molar-refractivity contribution in [3.05, 3.63) is 28.8 Å². The lowest BCUT2D eigenvalue weighted by molar-refractivity contribution is 0.309. The van der Waals surface area contributed by atoms with Gasteiger partial charge in [-0.15, -0.1) is 0 Å². The van der Waals surface area contributed by atoms with Crippen molar-refractivity contribution in [1.82, 2.24) is 0 Å². The molecule has 0 saturated heterocycles.